The molecule has 3 aromatic rings. The van der Waals surface area contributed by atoms with Crippen molar-refractivity contribution in [2.75, 3.05) is 13.7 Å². The third-order valence-electron chi connectivity index (χ3n) is 4.65. The molecule has 0 unspecified atom stereocenters. The lowest BCUT2D eigenvalue weighted by Gasteiger charge is -2.25. The van der Waals surface area contributed by atoms with Crippen LogP contribution in [0, 0.1) is 12.8 Å². The number of methoxy groups -OCH3 is 1. The Morgan fingerprint density at radius 1 is 1.14 bits per heavy atom. The topological polar surface area (TPSA) is 62.4 Å². The average Bonchev–Trinajstić information content (AvgIpc) is 2.67. The summed E-state index contributed by atoms with van der Waals surface area (Å²) >= 11 is 0. The quantitative estimate of drug-likeness (QED) is 0.701. The molecule has 0 saturated carbocycles. The Morgan fingerprint density at radius 2 is 1.89 bits per heavy atom. The highest BCUT2D eigenvalue weighted by Crippen LogP contribution is 2.21. The number of H-pyrrole nitrogens is 1. The molecule has 28 heavy (non-hydrogen) atoms. The van der Waals surface area contributed by atoms with E-state index >= 15 is 0 Å². The Hall–Kier alpha value is -3.08. The van der Waals surface area contributed by atoms with Crippen LogP contribution in [0.15, 0.2) is 53.3 Å². The first-order valence-corrected chi connectivity index (χ1v) is 9.44. The number of benzene rings is 2. The molecule has 0 spiro atoms. The Labute approximate surface area is 165 Å². The van der Waals surface area contributed by atoms with Gasteiger partial charge in [0.15, 0.2) is 0 Å². The third kappa shape index (κ3) is 4.25. The molecular weight excluding hydrogens is 352 g/mol. The van der Waals surface area contributed by atoms with Crippen molar-refractivity contribution in [3.63, 3.8) is 0 Å². The maximum atomic E-state index is 13.2. The molecule has 1 amide bonds. The van der Waals surface area contributed by atoms with Crippen LogP contribution >= 0.6 is 0 Å². The number of hydrogen-bond acceptors (Lipinski definition) is 3. The van der Waals surface area contributed by atoms with Gasteiger partial charge in [0.1, 0.15) is 5.75 Å². The van der Waals surface area contributed by atoms with Crippen LogP contribution in [0.25, 0.3) is 10.9 Å². The monoisotopic (exact) mass is 378 g/mol. The molecule has 5 heteroatoms. The van der Waals surface area contributed by atoms with E-state index in [1.165, 1.54) is 0 Å². The first kappa shape index (κ1) is 19.7. The maximum Gasteiger partial charge on any atom is 0.257 e. The van der Waals surface area contributed by atoms with Gasteiger partial charge in [-0.25, -0.2) is 0 Å². The van der Waals surface area contributed by atoms with Crippen molar-refractivity contribution in [2.45, 2.75) is 27.3 Å². The van der Waals surface area contributed by atoms with E-state index in [-0.39, 0.29) is 23.9 Å². The number of carbonyl (C=O) groups is 1. The number of rotatable bonds is 6. The smallest absolute Gasteiger partial charge is 0.257 e. The fraction of sp³-hybridized carbons (Fsp3) is 0.304. The average molecular weight is 378 g/mol. The van der Waals surface area contributed by atoms with Gasteiger partial charge in [-0.1, -0.05) is 38.1 Å². The standard InChI is InChI=1S/C23H26N2O3/c1-15(2)13-25(23(27)19-7-5-6-8-21(19)28-4)14-18-12-17-10-9-16(3)11-20(17)24-22(18)26/h5-12,15H,13-14H2,1-4H3,(H,24,26). The molecule has 0 atom stereocenters. The van der Waals surface area contributed by atoms with Gasteiger partial charge in [0.05, 0.1) is 19.2 Å². The van der Waals surface area contributed by atoms with Crippen molar-refractivity contribution >= 4 is 16.8 Å². The van der Waals surface area contributed by atoms with Gasteiger partial charge in [-0.3, -0.25) is 9.59 Å². The van der Waals surface area contributed by atoms with Crippen LogP contribution in [0.1, 0.15) is 35.3 Å². The Bertz CT molecular complexity index is 1050. The normalized spacial score (nSPS) is 11.0. The minimum Gasteiger partial charge on any atom is -0.496 e. The summed E-state index contributed by atoms with van der Waals surface area (Å²) < 4.78 is 5.35. The van der Waals surface area contributed by atoms with E-state index in [1.54, 1.807) is 24.1 Å². The lowest BCUT2D eigenvalue weighted by atomic mass is 10.1. The summed E-state index contributed by atoms with van der Waals surface area (Å²) in [5, 5.41) is 0.953. The summed E-state index contributed by atoms with van der Waals surface area (Å²) in [4.78, 5) is 30.5. The second-order valence-electron chi connectivity index (χ2n) is 7.49. The molecule has 2 aromatic carbocycles. The maximum absolute atomic E-state index is 13.2. The molecule has 3 rings (SSSR count). The number of carbonyl (C=O) groups excluding carboxylic acids is 1. The molecule has 0 fully saturated rings. The zero-order valence-electron chi connectivity index (χ0n) is 16.8. The van der Waals surface area contributed by atoms with Crippen molar-refractivity contribution in [1.29, 1.82) is 0 Å². The Kier molecular flexibility index (Phi) is 5.83. The number of hydrogen-bond donors (Lipinski definition) is 1. The van der Waals surface area contributed by atoms with Crippen LogP contribution in [-0.2, 0) is 6.54 Å². The second kappa shape index (κ2) is 8.30. The summed E-state index contributed by atoms with van der Waals surface area (Å²) in [6.07, 6.45) is 0. The number of ether oxygens (including phenoxy) is 1. The van der Waals surface area contributed by atoms with Crippen LogP contribution in [-0.4, -0.2) is 29.4 Å². The summed E-state index contributed by atoms with van der Waals surface area (Å²) in [6.45, 7) is 6.88. The summed E-state index contributed by atoms with van der Waals surface area (Å²) in [5.74, 6) is 0.652. The molecule has 1 heterocycles. The summed E-state index contributed by atoms with van der Waals surface area (Å²) in [5.41, 5.74) is 2.79. The summed E-state index contributed by atoms with van der Waals surface area (Å²) in [7, 11) is 1.55. The van der Waals surface area contributed by atoms with Gasteiger partial charge in [-0.2, -0.15) is 0 Å². The molecule has 1 N–H and O–H groups in total. The molecule has 0 aliphatic heterocycles. The number of aromatic amines is 1. The molecule has 0 aliphatic rings. The van der Waals surface area contributed by atoms with Gasteiger partial charge >= 0.3 is 0 Å². The van der Waals surface area contributed by atoms with E-state index < -0.39 is 0 Å². The molecule has 0 bridgehead atoms. The van der Waals surface area contributed by atoms with Gasteiger partial charge in [0.2, 0.25) is 0 Å². The Morgan fingerprint density at radius 3 is 2.61 bits per heavy atom. The van der Waals surface area contributed by atoms with Gasteiger partial charge in [0.25, 0.3) is 11.5 Å². The number of pyridine rings is 1. The highest BCUT2D eigenvalue weighted by molar-refractivity contribution is 5.97. The van der Waals surface area contributed by atoms with Crippen molar-refractivity contribution in [1.82, 2.24) is 9.88 Å². The van der Waals surface area contributed by atoms with Crippen LogP contribution < -0.4 is 10.3 Å². The minimum absolute atomic E-state index is 0.144. The number of aryl methyl sites for hydroxylation is 1. The van der Waals surface area contributed by atoms with Gasteiger partial charge in [-0.05, 0) is 48.1 Å². The molecule has 0 aliphatic carbocycles. The molecule has 146 valence electrons. The number of nitrogens with one attached hydrogen (secondary N) is 1. The highest BCUT2D eigenvalue weighted by atomic mass is 16.5. The zero-order chi connectivity index (χ0) is 20.3. The molecule has 1 aromatic heterocycles. The number of amides is 1. The van der Waals surface area contributed by atoms with Crippen LogP contribution in [0.4, 0.5) is 0 Å². The van der Waals surface area contributed by atoms with E-state index in [9.17, 15) is 9.59 Å². The van der Waals surface area contributed by atoms with E-state index in [1.807, 2.05) is 43.3 Å². The SMILES string of the molecule is COc1ccccc1C(=O)N(Cc1cc2ccc(C)cc2[nH]c1=O)CC(C)C. The van der Waals surface area contributed by atoms with Gasteiger partial charge in [-0.15, -0.1) is 0 Å². The number of nitrogens with zero attached hydrogens (tertiary/aromatic N) is 1. The van der Waals surface area contributed by atoms with Gasteiger partial charge in [0, 0.05) is 17.6 Å². The fourth-order valence-electron chi connectivity index (χ4n) is 3.33. The van der Waals surface area contributed by atoms with E-state index in [2.05, 4.69) is 18.8 Å². The van der Waals surface area contributed by atoms with Crippen LogP contribution in [0.2, 0.25) is 0 Å². The van der Waals surface area contributed by atoms with Crippen LogP contribution in [0.5, 0.6) is 5.75 Å². The number of para-hydroxylation sites is 1. The molecule has 0 radical (unpaired) electrons. The highest BCUT2D eigenvalue weighted by Gasteiger charge is 2.21. The molecule has 0 saturated heterocycles. The van der Waals surface area contributed by atoms with Crippen LogP contribution in [0.3, 0.4) is 0 Å². The minimum atomic E-state index is -0.167. The van der Waals surface area contributed by atoms with E-state index in [0.717, 1.165) is 16.5 Å². The predicted molar refractivity (Wildman–Crippen MR) is 112 cm³/mol. The van der Waals surface area contributed by atoms with Crippen molar-refractivity contribution in [2.24, 2.45) is 5.92 Å². The van der Waals surface area contributed by atoms with E-state index in [4.69, 9.17) is 4.74 Å². The molecular formula is C23H26N2O3. The van der Waals surface area contributed by atoms with Crippen molar-refractivity contribution < 1.29 is 9.53 Å². The first-order valence-electron chi connectivity index (χ1n) is 9.44. The fourth-order valence-corrected chi connectivity index (χ4v) is 3.33. The zero-order valence-corrected chi connectivity index (χ0v) is 16.8. The number of fused-ring (bicyclic) bond motifs is 1. The van der Waals surface area contributed by atoms with Crippen molar-refractivity contribution in [3.8, 4) is 5.75 Å². The van der Waals surface area contributed by atoms with E-state index in [0.29, 0.717) is 23.4 Å². The first-order chi connectivity index (χ1) is 13.4. The predicted octanol–water partition coefficient (Wildman–Crippen LogP) is 4.14. The molecule has 5 nitrogen and oxygen atoms in total. The summed E-state index contributed by atoms with van der Waals surface area (Å²) in [6, 6.07) is 15.0. The Balaban J connectivity index is 1.98. The third-order valence-corrected chi connectivity index (χ3v) is 4.65. The second-order valence-corrected chi connectivity index (χ2v) is 7.49. The van der Waals surface area contributed by atoms with Gasteiger partial charge < -0.3 is 14.6 Å². The lowest BCUT2D eigenvalue weighted by molar-refractivity contribution is 0.0718. The van der Waals surface area contributed by atoms with Crippen molar-refractivity contribution in [3.05, 3.63) is 75.6 Å². The number of aromatic nitrogens is 1. The largest absolute Gasteiger partial charge is 0.496 e. The lowest BCUT2D eigenvalue weighted by Crippen LogP contribution is -2.35.